The van der Waals surface area contributed by atoms with E-state index in [9.17, 15) is 9.59 Å². The molecule has 0 aliphatic rings. The molecular weight excluding hydrogens is 344 g/mol. The maximum atomic E-state index is 12.8. The highest BCUT2D eigenvalue weighted by Gasteiger charge is 2.18. The lowest BCUT2D eigenvalue weighted by molar-refractivity contribution is 0.102. The molecule has 1 amide bonds. The average molecular weight is 360 g/mol. The number of aryl methyl sites for hydroxylation is 1. The Morgan fingerprint density at radius 3 is 2.52 bits per heavy atom. The van der Waals surface area contributed by atoms with Gasteiger partial charge in [-0.25, -0.2) is 4.68 Å². The standard InChI is InChI=1S/C19H16N6O2/c1-2-25-18(27)14-11-7-6-10-13(14)15(24-25)17(26)21-19-20-16(22-23-19)12-8-4-3-5-9-12/h3-11H,2H2,1H3,(H2,20,21,22,23,26). The van der Waals surface area contributed by atoms with Crippen LogP contribution in [0.5, 0.6) is 0 Å². The number of nitrogens with one attached hydrogen (secondary N) is 2. The normalized spacial score (nSPS) is 10.9. The van der Waals surface area contributed by atoms with Crippen LogP contribution in [0, 0.1) is 0 Å². The molecule has 4 aromatic rings. The van der Waals surface area contributed by atoms with Gasteiger partial charge in [0, 0.05) is 17.5 Å². The van der Waals surface area contributed by atoms with Gasteiger partial charge in [-0.05, 0) is 13.0 Å². The number of rotatable bonds is 4. The van der Waals surface area contributed by atoms with Crippen LogP contribution >= 0.6 is 0 Å². The van der Waals surface area contributed by atoms with Crippen molar-refractivity contribution < 1.29 is 4.79 Å². The Morgan fingerprint density at radius 1 is 1.07 bits per heavy atom. The Hall–Kier alpha value is -3.81. The van der Waals surface area contributed by atoms with Crippen molar-refractivity contribution in [3.63, 3.8) is 0 Å². The fraction of sp³-hybridized carbons (Fsp3) is 0.105. The average Bonchev–Trinajstić information content (AvgIpc) is 3.17. The lowest BCUT2D eigenvalue weighted by atomic mass is 10.1. The van der Waals surface area contributed by atoms with Gasteiger partial charge in [-0.15, -0.1) is 5.10 Å². The number of hydrogen-bond donors (Lipinski definition) is 2. The van der Waals surface area contributed by atoms with Crippen LogP contribution in [-0.2, 0) is 6.54 Å². The van der Waals surface area contributed by atoms with Gasteiger partial charge in [0.25, 0.3) is 11.5 Å². The van der Waals surface area contributed by atoms with Crippen molar-refractivity contribution in [3.8, 4) is 11.4 Å². The zero-order chi connectivity index (χ0) is 18.8. The van der Waals surface area contributed by atoms with Crippen LogP contribution < -0.4 is 10.9 Å². The lowest BCUT2D eigenvalue weighted by Crippen LogP contribution is -2.27. The molecule has 8 heteroatoms. The largest absolute Gasteiger partial charge is 0.288 e. The van der Waals surface area contributed by atoms with E-state index in [4.69, 9.17) is 0 Å². The number of anilines is 1. The maximum absolute atomic E-state index is 12.8. The Labute approximate surface area is 153 Å². The number of nitrogens with zero attached hydrogens (tertiary/aromatic N) is 4. The van der Waals surface area contributed by atoms with Crippen molar-refractivity contribution in [2.45, 2.75) is 13.5 Å². The Balaban J connectivity index is 1.69. The second kappa shape index (κ2) is 6.83. The zero-order valence-corrected chi connectivity index (χ0v) is 14.5. The molecule has 0 aliphatic carbocycles. The summed E-state index contributed by atoms with van der Waals surface area (Å²) in [5, 5.41) is 14.6. The molecule has 2 aromatic carbocycles. The molecule has 2 heterocycles. The number of amides is 1. The number of benzene rings is 2. The van der Waals surface area contributed by atoms with Gasteiger partial charge < -0.3 is 0 Å². The van der Waals surface area contributed by atoms with Gasteiger partial charge >= 0.3 is 0 Å². The minimum Gasteiger partial charge on any atom is -0.288 e. The predicted octanol–water partition coefficient (Wildman–Crippen LogP) is 2.45. The third-order valence-electron chi connectivity index (χ3n) is 4.14. The summed E-state index contributed by atoms with van der Waals surface area (Å²) in [6, 6.07) is 16.4. The van der Waals surface area contributed by atoms with E-state index in [2.05, 4.69) is 25.6 Å². The van der Waals surface area contributed by atoms with E-state index in [1.807, 2.05) is 30.3 Å². The second-order valence-corrected chi connectivity index (χ2v) is 5.84. The van der Waals surface area contributed by atoms with E-state index in [0.717, 1.165) is 5.56 Å². The molecule has 0 aliphatic heterocycles. The summed E-state index contributed by atoms with van der Waals surface area (Å²) in [5.74, 6) is 0.202. The molecule has 0 spiro atoms. The first kappa shape index (κ1) is 16.6. The third-order valence-corrected chi connectivity index (χ3v) is 4.14. The summed E-state index contributed by atoms with van der Waals surface area (Å²) in [7, 11) is 0. The number of H-pyrrole nitrogens is 1. The number of aromatic nitrogens is 5. The lowest BCUT2D eigenvalue weighted by Gasteiger charge is -2.08. The summed E-state index contributed by atoms with van der Waals surface area (Å²) in [5.41, 5.74) is 0.778. The topological polar surface area (TPSA) is 106 Å². The van der Waals surface area contributed by atoms with E-state index in [-0.39, 0.29) is 17.2 Å². The fourth-order valence-electron chi connectivity index (χ4n) is 2.82. The zero-order valence-electron chi connectivity index (χ0n) is 14.5. The van der Waals surface area contributed by atoms with E-state index in [1.165, 1.54) is 4.68 Å². The van der Waals surface area contributed by atoms with Crippen molar-refractivity contribution in [1.82, 2.24) is 25.0 Å². The van der Waals surface area contributed by atoms with Gasteiger partial charge in [-0.2, -0.15) is 10.1 Å². The smallest absolute Gasteiger partial charge is 0.279 e. The van der Waals surface area contributed by atoms with Crippen molar-refractivity contribution in [1.29, 1.82) is 0 Å². The fourth-order valence-corrected chi connectivity index (χ4v) is 2.82. The minimum atomic E-state index is -0.480. The number of hydrogen-bond acceptors (Lipinski definition) is 5. The SMILES string of the molecule is CCn1nc(C(=O)Nc2n[nH]c(-c3ccccc3)n2)c2ccccc2c1=O. The first-order valence-corrected chi connectivity index (χ1v) is 8.46. The van der Waals surface area contributed by atoms with Crippen LogP contribution in [0.2, 0.25) is 0 Å². The van der Waals surface area contributed by atoms with Gasteiger partial charge in [0.05, 0.1) is 5.39 Å². The molecule has 134 valence electrons. The van der Waals surface area contributed by atoms with E-state index < -0.39 is 5.91 Å². The van der Waals surface area contributed by atoms with Crippen LogP contribution in [-0.4, -0.2) is 30.9 Å². The number of carbonyl (C=O) groups is 1. The highest BCUT2D eigenvalue weighted by molar-refractivity contribution is 6.10. The summed E-state index contributed by atoms with van der Waals surface area (Å²) < 4.78 is 1.27. The monoisotopic (exact) mass is 360 g/mol. The molecule has 0 bridgehead atoms. The maximum Gasteiger partial charge on any atom is 0.279 e. The van der Waals surface area contributed by atoms with Crippen molar-refractivity contribution in [2.24, 2.45) is 0 Å². The molecule has 0 saturated heterocycles. The molecule has 0 fully saturated rings. The molecule has 0 unspecified atom stereocenters. The molecule has 2 N–H and O–H groups in total. The summed E-state index contributed by atoms with van der Waals surface area (Å²) in [6.45, 7) is 2.16. The quantitative estimate of drug-likeness (QED) is 0.581. The Morgan fingerprint density at radius 2 is 1.78 bits per heavy atom. The van der Waals surface area contributed by atoms with Crippen LogP contribution in [0.4, 0.5) is 5.95 Å². The number of fused-ring (bicyclic) bond motifs is 1. The van der Waals surface area contributed by atoms with Crippen molar-refractivity contribution in [2.75, 3.05) is 5.32 Å². The second-order valence-electron chi connectivity index (χ2n) is 5.84. The van der Waals surface area contributed by atoms with Gasteiger partial charge in [0.15, 0.2) is 11.5 Å². The van der Waals surface area contributed by atoms with Gasteiger partial charge in [0.1, 0.15) is 0 Å². The predicted molar refractivity (Wildman–Crippen MR) is 101 cm³/mol. The van der Waals surface area contributed by atoms with Crippen LogP contribution in [0.15, 0.2) is 59.4 Å². The highest BCUT2D eigenvalue weighted by atomic mass is 16.2. The van der Waals surface area contributed by atoms with Gasteiger partial charge in [-0.3, -0.25) is 20.0 Å². The van der Waals surface area contributed by atoms with Crippen LogP contribution in [0.25, 0.3) is 22.2 Å². The van der Waals surface area contributed by atoms with Crippen molar-refractivity contribution >= 4 is 22.6 Å². The first-order chi connectivity index (χ1) is 13.2. The summed E-state index contributed by atoms with van der Waals surface area (Å²) in [4.78, 5) is 29.5. The van der Waals surface area contributed by atoms with Crippen LogP contribution in [0.3, 0.4) is 0 Å². The molecule has 2 aromatic heterocycles. The van der Waals surface area contributed by atoms with Gasteiger partial charge in [-0.1, -0.05) is 48.5 Å². The van der Waals surface area contributed by atoms with E-state index >= 15 is 0 Å². The molecule has 8 nitrogen and oxygen atoms in total. The molecular formula is C19H16N6O2. The third kappa shape index (κ3) is 3.08. The van der Waals surface area contributed by atoms with Crippen LogP contribution in [0.1, 0.15) is 17.4 Å². The number of aromatic amines is 1. The molecule has 0 atom stereocenters. The number of carbonyl (C=O) groups excluding carboxylic acids is 1. The molecule has 0 radical (unpaired) electrons. The van der Waals surface area contributed by atoms with Gasteiger partial charge in [0.2, 0.25) is 5.95 Å². The molecule has 27 heavy (non-hydrogen) atoms. The summed E-state index contributed by atoms with van der Waals surface area (Å²) >= 11 is 0. The Bertz CT molecular complexity index is 1180. The highest BCUT2D eigenvalue weighted by Crippen LogP contribution is 2.17. The molecule has 0 saturated carbocycles. The summed E-state index contributed by atoms with van der Waals surface area (Å²) in [6.07, 6.45) is 0. The molecule has 4 rings (SSSR count). The van der Waals surface area contributed by atoms with E-state index in [1.54, 1.807) is 31.2 Å². The first-order valence-electron chi connectivity index (χ1n) is 8.46. The van der Waals surface area contributed by atoms with Crippen molar-refractivity contribution in [3.05, 3.63) is 70.6 Å². The van der Waals surface area contributed by atoms with E-state index in [0.29, 0.717) is 23.1 Å². The Kier molecular flexibility index (Phi) is 4.21. The minimum absolute atomic E-state index is 0.138.